The summed E-state index contributed by atoms with van der Waals surface area (Å²) in [6, 6.07) is 5.61. The lowest BCUT2D eigenvalue weighted by molar-refractivity contribution is -0.139. The van der Waals surface area contributed by atoms with Crippen LogP contribution in [0.25, 0.3) is 0 Å². The number of rotatable bonds is 8. The standard InChI is InChI=1S/C26H35FN4O2S/c1-17(28-2)24(32)30-23(19-7-4-3-5-8-19)26(33)31-14-6-9-22(31)25-29-21(16-34-25)15-18-10-12-20(27)13-11-18/h10-13,16-17,19,22-23,28H,3-9,14-15H2,1-2H3,(H,30,32)/t17?,22?,23-/m0/s1. The maximum atomic E-state index is 13.8. The molecule has 0 radical (unpaired) electrons. The number of likely N-dealkylation sites (tertiary alicyclic amines) is 1. The molecular formula is C26H35FN4O2S. The van der Waals surface area contributed by atoms with Gasteiger partial charge in [0.1, 0.15) is 16.9 Å². The first kappa shape index (κ1) is 24.8. The lowest BCUT2D eigenvalue weighted by Gasteiger charge is -2.35. The summed E-state index contributed by atoms with van der Waals surface area (Å²) in [4.78, 5) is 33.4. The van der Waals surface area contributed by atoms with Crippen molar-refractivity contribution in [2.24, 2.45) is 5.92 Å². The smallest absolute Gasteiger partial charge is 0.246 e. The maximum Gasteiger partial charge on any atom is 0.246 e. The van der Waals surface area contributed by atoms with E-state index in [4.69, 9.17) is 4.98 Å². The van der Waals surface area contributed by atoms with E-state index in [2.05, 4.69) is 10.6 Å². The zero-order valence-electron chi connectivity index (χ0n) is 20.1. The molecule has 8 heteroatoms. The van der Waals surface area contributed by atoms with Gasteiger partial charge < -0.3 is 15.5 Å². The Hall–Kier alpha value is -2.32. The van der Waals surface area contributed by atoms with E-state index in [-0.39, 0.29) is 35.6 Å². The van der Waals surface area contributed by atoms with E-state index in [9.17, 15) is 14.0 Å². The molecule has 0 bridgehead atoms. The molecular weight excluding hydrogens is 451 g/mol. The van der Waals surface area contributed by atoms with Crippen molar-refractivity contribution < 1.29 is 14.0 Å². The van der Waals surface area contributed by atoms with Crippen LogP contribution < -0.4 is 10.6 Å². The molecule has 1 aliphatic carbocycles. The van der Waals surface area contributed by atoms with Crippen LogP contribution in [-0.2, 0) is 16.0 Å². The molecule has 3 atom stereocenters. The number of nitrogens with one attached hydrogen (secondary N) is 2. The highest BCUT2D eigenvalue weighted by molar-refractivity contribution is 7.09. The maximum absolute atomic E-state index is 13.8. The lowest BCUT2D eigenvalue weighted by atomic mass is 9.83. The van der Waals surface area contributed by atoms with E-state index in [0.29, 0.717) is 13.0 Å². The van der Waals surface area contributed by atoms with Crippen molar-refractivity contribution in [3.05, 3.63) is 51.7 Å². The summed E-state index contributed by atoms with van der Waals surface area (Å²) in [5.74, 6) is -0.160. The van der Waals surface area contributed by atoms with Crippen molar-refractivity contribution in [3.63, 3.8) is 0 Å². The fourth-order valence-corrected chi connectivity index (χ4v) is 6.06. The number of amides is 2. The van der Waals surface area contributed by atoms with Crippen molar-refractivity contribution in [1.82, 2.24) is 20.5 Å². The van der Waals surface area contributed by atoms with Gasteiger partial charge in [0, 0.05) is 18.3 Å². The predicted molar refractivity (Wildman–Crippen MR) is 132 cm³/mol. The SMILES string of the molecule is CNC(C)C(=O)N[C@H](C(=O)N1CCCC1c1nc(Cc2ccc(F)cc2)cs1)C1CCCCC1. The molecule has 4 rings (SSSR count). The normalized spacial score (nSPS) is 20.8. The molecule has 2 fully saturated rings. The van der Waals surface area contributed by atoms with Gasteiger partial charge in [0.05, 0.1) is 17.8 Å². The van der Waals surface area contributed by atoms with Gasteiger partial charge in [0.15, 0.2) is 0 Å². The Morgan fingerprint density at radius 1 is 1.15 bits per heavy atom. The van der Waals surface area contributed by atoms with Gasteiger partial charge in [0.25, 0.3) is 0 Å². The quantitative estimate of drug-likeness (QED) is 0.586. The number of carbonyl (C=O) groups excluding carboxylic acids is 2. The van der Waals surface area contributed by atoms with E-state index in [1.54, 1.807) is 30.5 Å². The monoisotopic (exact) mass is 486 g/mol. The van der Waals surface area contributed by atoms with E-state index in [0.717, 1.165) is 54.8 Å². The second-order valence-corrected chi connectivity index (χ2v) is 10.5. The fourth-order valence-electron chi connectivity index (χ4n) is 5.09. The fraction of sp³-hybridized carbons (Fsp3) is 0.577. The highest BCUT2D eigenvalue weighted by atomic mass is 32.1. The molecule has 0 spiro atoms. The van der Waals surface area contributed by atoms with E-state index in [1.807, 2.05) is 17.2 Å². The van der Waals surface area contributed by atoms with Crippen LogP contribution in [0, 0.1) is 11.7 Å². The van der Waals surface area contributed by atoms with Gasteiger partial charge in [-0.15, -0.1) is 11.3 Å². The Morgan fingerprint density at radius 2 is 1.88 bits per heavy atom. The van der Waals surface area contributed by atoms with E-state index < -0.39 is 6.04 Å². The summed E-state index contributed by atoms with van der Waals surface area (Å²) in [5, 5.41) is 9.05. The van der Waals surface area contributed by atoms with Gasteiger partial charge in [0.2, 0.25) is 11.8 Å². The van der Waals surface area contributed by atoms with Crippen molar-refractivity contribution >= 4 is 23.2 Å². The Labute approximate surface area is 205 Å². The lowest BCUT2D eigenvalue weighted by Crippen LogP contribution is -2.55. The molecule has 2 aliphatic rings. The zero-order valence-corrected chi connectivity index (χ0v) is 20.9. The zero-order chi connectivity index (χ0) is 24.1. The number of halogens is 1. The molecule has 1 saturated carbocycles. The Kier molecular flexibility index (Phi) is 8.32. The van der Waals surface area contributed by atoms with Gasteiger partial charge in [-0.2, -0.15) is 0 Å². The average Bonchev–Trinajstić information content (AvgIpc) is 3.53. The number of nitrogens with zero attached hydrogens (tertiary/aromatic N) is 2. The molecule has 1 aromatic heterocycles. The van der Waals surface area contributed by atoms with Crippen LogP contribution in [0.15, 0.2) is 29.6 Å². The summed E-state index contributed by atoms with van der Waals surface area (Å²) >= 11 is 1.58. The minimum Gasteiger partial charge on any atom is -0.343 e. The number of benzene rings is 1. The van der Waals surface area contributed by atoms with Crippen LogP contribution in [0.5, 0.6) is 0 Å². The Bertz CT molecular complexity index is 973. The van der Waals surface area contributed by atoms with Crippen LogP contribution in [0.4, 0.5) is 4.39 Å². The third kappa shape index (κ3) is 5.84. The highest BCUT2D eigenvalue weighted by Crippen LogP contribution is 2.36. The summed E-state index contributed by atoms with van der Waals surface area (Å²) in [5.41, 5.74) is 1.95. The molecule has 34 heavy (non-hydrogen) atoms. The van der Waals surface area contributed by atoms with Crippen LogP contribution in [0.2, 0.25) is 0 Å². The second-order valence-electron chi connectivity index (χ2n) is 9.56. The van der Waals surface area contributed by atoms with Crippen LogP contribution >= 0.6 is 11.3 Å². The van der Waals surface area contributed by atoms with Crippen LogP contribution in [-0.4, -0.2) is 47.4 Å². The van der Waals surface area contributed by atoms with Crippen molar-refractivity contribution in [2.45, 2.75) is 76.4 Å². The minimum atomic E-state index is -0.483. The third-order valence-electron chi connectivity index (χ3n) is 7.20. The summed E-state index contributed by atoms with van der Waals surface area (Å²) in [6.07, 6.45) is 7.81. The van der Waals surface area contributed by atoms with Crippen LogP contribution in [0.3, 0.4) is 0 Å². The topological polar surface area (TPSA) is 74.3 Å². The molecule has 6 nitrogen and oxygen atoms in total. The van der Waals surface area contributed by atoms with Gasteiger partial charge in [-0.05, 0) is 63.3 Å². The number of hydrogen-bond donors (Lipinski definition) is 2. The van der Waals surface area contributed by atoms with E-state index >= 15 is 0 Å². The predicted octanol–water partition coefficient (Wildman–Crippen LogP) is 4.21. The molecule has 2 N–H and O–H groups in total. The number of thiazole rings is 1. The number of carbonyl (C=O) groups is 2. The largest absolute Gasteiger partial charge is 0.343 e. The van der Waals surface area contributed by atoms with E-state index in [1.165, 1.54) is 18.6 Å². The second kappa shape index (κ2) is 11.4. The van der Waals surface area contributed by atoms with Gasteiger partial charge in [-0.25, -0.2) is 9.37 Å². The number of aromatic nitrogens is 1. The first-order chi connectivity index (χ1) is 16.5. The summed E-state index contributed by atoms with van der Waals surface area (Å²) in [6.45, 7) is 2.51. The van der Waals surface area contributed by atoms with Crippen molar-refractivity contribution in [1.29, 1.82) is 0 Å². The minimum absolute atomic E-state index is 0.0290. The van der Waals surface area contributed by atoms with Gasteiger partial charge in [-0.1, -0.05) is 31.4 Å². The number of hydrogen-bond acceptors (Lipinski definition) is 5. The molecule has 2 aromatic rings. The number of likely N-dealkylation sites (N-methyl/N-ethyl adjacent to an activating group) is 1. The third-order valence-corrected chi connectivity index (χ3v) is 8.20. The Balaban J connectivity index is 1.49. The van der Waals surface area contributed by atoms with Crippen LogP contribution in [0.1, 0.15) is 74.2 Å². The van der Waals surface area contributed by atoms with Crippen molar-refractivity contribution in [2.75, 3.05) is 13.6 Å². The Morgan fingerprint density at radius 3 is 2.59 bits per heavy atom. The molecule has 2 unspecified atom stereocenters. The summed E-state index contributed by atoms with van der Waals surface area (Å²) in [7, 11) is 1.75. The highest BCUT2D eigenvalue weighted by Gasteiger charge is 2.40. The van der Waals surface area contributed by atoms with Gasteiger partial charge >= 0.3 is 0 Å². The first-order valence-electron chi connectivity index (χ1n) is 12.4. The molecule has 1 saturated heterocycles. The first-order valence-corrected chi connectivity index (χ1v) is 13.3. The average molecular weight is 487 g/mol. The summed E-state index contributed by atoms with van der Waals surface area (Å²) < 4.78 is 13.2. The molecule has 184 valence electrons. The molecule has 1 aromatic carbocycles. The molecule has 2 amide bonds. The van der Waals surface area contributed by atoms with Gasteiger partial charge in [-0.3, -0.25) is 9.59 Å². The molecule has 1 aliphatic heterocycles. The van der Waals surface area contributed by atoms with Crippen molar-refractivity contribution in [3.8, 4) is 0 Å². The molecule has 2 heterocycles.